The number of carbonyl (C=O) groups excluding carboxylic acids is 1. The van der Waals surface area contributed by atoms with Gasteiger partial charge in [-0.25, -0.2) is 0 Å². The Morgan fingerprint density at radius 2 is 1.83 bits per heavy atom. The lowest BCUT2D eigenvalue weighted by atomic mass is 9.97. The summed E-state index contributed by atoms with van der Waals surface area (Å²) in [7, 11) is 0. The maximum Gasteiger partial charge on any atom is 0.166 e. The molecule has 1 aromatic carbocycles. The number of carbonyl (C=O) groups is 1. The minimum Gasteiger partial charge on any atom is -0.370 e. The van der Waals surface area contributed by atoms with Crippen LogP contribution in [0.5, 0.6) is 0 Å². The molecule has 0 aliphatic rings. The molecular formula is C14H18Cl2O2. The van der Waals surface area contributed by atoms with Crippen molar-refractivity contribution in [3.63, 3.8) is 0 Å². The van der Waals surface area contributed by atoms with E-state index in [-0.39, 0.29) is 18.1 Å². The topological polar surface area (TPSA) is 26.3 Å². The van der Waals surface area contributed by atoms with Gasteiger partial charge in [-0.2, -0.15) is 0 Å². The Kier molecular flexibility index (Phi) is 6.13. The van der Waals surface area contributed by atoms with Gasteiger partial charge in [0.1, 0.15) is 6.10 Å². The van der Waals surface area contributed by atoms with E-state index >= 15 is 0 Å². The zero-order chi connectivity index (χ0) is 13.7. The Morgan fingerprint density at radius 3 is 2.28 bits per heavy atom. The second kappa shape index (κ2) is 7.13. The molecule has 18 heavy (non-hydrogen) atoms. The van der Waals surface area contributed by atoms with Crippen molar-refractivity contribution in [2.75, 3.05) is 6.61 Å². The van der Waals surface area contributed by atoms with Crippen LogP contribution in [-0.2, 0) is 16.0 Å². The van der Waals surface area contributed by atoms with Crippen LogP contribution in [0.15, 0.2) is 18.2 Å². The van der Waals surface area contributed by atoms with Crippen molar-refractivity contribution in [3.05, 3.63) is 33.8 Å². The fourth-order valence-electron chi connectivity index (χ4n) is 1.81. The standard InChI is InChI=1S/C14H18Cl2O2/c1-4-18-14(9(2)3)13(17)8-10-11(15)6-5-7-12(10)16/h5-7,9,14H,4,8H2,1-3H3. The Balaban J connectivity index is 2.86. The van der Waals surface area contributed by atoms with Crippen molar-refractivity contribution in [3.8, 4) is 0 Å². The summed E-state index contributed by atoms with van der Waals surface area (Å²) in [5.74, 6) is 0.153. The molecule has 0 heterocycles. The van der Waals surface area contributed by atoms with Gasteiger partial charge in [-0.1, -0.05) is 43.1 Å². The normalized spacial score (nSPS) is 12.8. The highest BCUT2D eigenvalue weighted by Crippen LogP contribution is 2.26. The molecule has 0 saturated heterocycles. The number of hydrogen-bond donors (Lipinski definition) is 0. The monoisotopic (exact) mass is 288 g/mol. The molecule has 0 N–H and O–H groups in total. The number of ether oxygens (including phenoxy) is 1. The highest BCUT2D eigenvalue weighted by Gasteiger charge is 2.23. The van der Waals surface area contributed by atoms with Gasteiger partial charge in [0, 0.05) is 23.1 Å². The summed E-state index contributed by atoms with van der Waals surface area (Å²) in [5.41, 5.74) is 0.677. The van der Waals surface area contributed by atoms with Gasteiger partial charge < -0.3 is 4.74 Å². The van der Waals surface area contributed by atoms with Gasteiger partial charge in [-0.3, -0.25) is 4.79 Å². The van der Waals surface area contributed by atoms with Crippen molar-refractivity contribution < 1.29 is 9.53 Å². The van der Waals surface area contributed by atoms with Crippen LogP contribution in [-0.4, -0.2) is 18.5 Å². The van der Waals surface area contributed by atoms with Gasteiger partial charge in [0.15, 0.2) is 5.78 Å². The molecule has 2 nitrogen and oxygen atoms in total. The first-order valence-electron chi connectivity index (χ1n) is 6.04. The van der Waals surface area contributed by atoms with Crippen LogP contribution in [0.2, 0.25) is 10.0 Å². The van der Waals surface area contributed by atoms with E-state index < -0.39 is 6.10 Å². The zero-order valence-corrected chi connectivity index (χ0v) is 12.4. The Labute approximate surface area is 118 Å². The molecular weight excluding hydrogens is 271 g/mol. The van der Waals surface area contributed by atoms with Crippen molar-refractivity contribution in [2.45, 2.75) is 33.3 Å². The second-order valence-corrected chi connectivity index (χ2v) is 5.28. The lowest BCUT2D eigenvalue weighted by molar-refractivity contribution is -0.132. The fraction of sp³-hybridized carbons (Fsp3) is 0.500. The number of Topliss-reactive ketones (excluding diaryl/α,β-unsaturated/α-hetero) is 1. The molecule has 4 heteroatoms. The van der Waals surface area contributed by atoms with E-state index in [1.807, 2.05) is 20.8 Å². The van der Waals surface area contributed by atoms with Crippen LogP contribution in [0.1, 0.15) is 26.3 Å². The summed E-state index contributed by atoms with van der Waals surface area (Å²) in [5, 5.41) is 1.05. The summed E-state index contributed by atoms with van der Waals surface area (Å²) in [4.78, 5) is 12.2. The number of ketones is 1. The van der Waals surface area contributed by atoms with Gasteiger partial charge in [0.05, 0.1) is 0 Å². The average molecular weight is 289 g/mol. The SMILES string of the molecule is CCOC(C(=O)Cc1c(Cl)cccc1Cl)C(C)C. The third-order valence-electron chi connectivity index (χ3n) is 2.68. The summed E-state index contributed by atoms with van der Waals surface area (Å²) in [6.07, 6.45) is -0.191. The highest BCUT2D eigenvalue weighted by molar-refractivity contribution is 6.36. The lowest BCUT2D eigenvalue weighted by Crippen LogP contribution is -2.31. The van der Waals surface area contributed by atoms with Crippen LogP contribution in [0.4, 0.5) is 0 Å². The van der Waals surface area contributed by atoms with Crippen molar-refractivity contribution in [2.24, 2.45) is 5.92 Å². The molecule has 0 amide bonds. The predicted octanol–water partition coefficient (Wildman–Crippen LogP) is 4.17. The molecule has 0 aromatic heterocycles. The lowest BCUT2D eigenvalue weighted by Gasteiger charge is -2.20. The maximum atomic E-state index is 12.2. The minimum absolute atomic E-state index is 0.0156. The predicted molar refractivity (Wildman–Crippen MR) is 75.4 cm³/mol. The summed E-state index contributed by atoms with van der Waals surface area (Å²) in [6, 6.07) is 5.24. The van der Waals surface area contributed by atoms with Gasteiger partial charge in [0.2, 0.25) is 0 Å². The molecule has 1 atom stereocenters. The third-order valence-corrected chi connectivity index (χ3v) is 3.39. The van der Waals surface area contributed by atoms with E-state index in [1.54, 1.807) is 18.2 Å². The summed E-state index contributed by atoms with van der Waals surface area (Å²) < 4.78 is 5.48. The maximum absolute atomic E-state index is 12.2. The fourth-order valence-corrected chi connectivity index (χ4v) is 2.34. The van der Waals surface area contributed by atoms with Crippen LogP contribution in [0, 0.1) is 5.92 Å². The molecule has 100 valence electrons. The first-order valence-corrected chi connectivity index (χ1v) is 6.80. The minimum atomic E-state index is -0.401. The van der Waals surface area contributed by atoms with Crippen molar-refractivity contribution in [1.82, 2.24) is 0 Å². The molecule has 1 rings (SSSR count). The van der Waals surface area contributed by atoms with Gasteiger partial charge in [-0.15, -0.1) is 0 Å². The number of halogens is 2. The van der Waals surface area contributed by atoms with E-state index in [1.165, 1.54) is 0 Å². The van der Waals surface area contributed by atoms with Crippen LogP contribution >= 0.6 is 23.2 Å². The van der Waals surface area contributed by atoms with Gasteiger partial charge in [-0.05, 0) is 30.5 Å². The van der Waals surface area contributed by atoms with Crippen molar-refractivity contribution >= 4 is 29.0 Å². The van der Waals surface area contributed by atoms with Crippen LogP contribution in [0.3, 0.4) is 0 Å². The number of hydrogen-bond acceptors (Lipinski definition) is 2. The largest absolute Gasteiger partial charge is 0.370 e. The second-order valence-electron chi connectivity index (χ2n) is 4.46. The number of benzene rings is 1. The summed E-state index contributed by atoms with van der Waals surface area (Å²) in [6.45, 7) is 6.33. The first-order chi connectivity index (χ1) is 8.47. The van der Waals surface area contributed by atoms with Gasteiger partial charge >= 0.3 is 0 Å². The number of rotatable bonds is 6. The Morgan fingerprint density at radius 1 is 1.28 bits per heavy atom. The Hall–Kier alpha value is -0.570. The smallest absolute Gasteiger partial charge is 0.166 e. The molecule has 0 aliphatic heterocycles. The van der Waals surface area contributed by atoms with Crippen molar-refractivity contribution in [1.29, 1.82) is 0 Å². The van der Waals surface area contributed by atoms with Gasteiger partial charge in [0.25, 0.3) is 0 Å². The van der Waals surface area contributed by atoms with E-state index in [0.29, 0.717) is 22.2 Å². The van der Waals surface area contributed by atoms with E-state index in [0.717, 1.165) is 0 Å². The first kappa shape index (κ1) is 15.5. The zero-order valence-electron chi connectivity index (χ0n) is 10.9. The summed E-state index contributed by atoms with van der Waals surface area (Å²) >= 11 is 12.1. The molecule has 1 unspecified atom stereocenters. The molecule has 0 spiro atoms. The third kappa shape index (κ3) is 3.98. The molecule has 0 fully saturated rings. The molecule has 0 bridgehead atoms. The quantitative estimate of drug-likeness (QED) is 0.785. The van der Waals surface area contributed by atoms with E-state index in [9.17, 15) is 4.79 Å². The van der Waals surface area contributed by atoms with E-state index in [2.05, 4.69) is 0 Å². The molecule has 1 aromatic rings. The van der Waals surface area contributed by atoms with Crippen LogP contribution in [0.25, 0.3) is 0 Å². The molecule has 0 saturated carbocycles. The van der Waals surface area contributed by atoms with E-state index in [4.69, 9.17) is 27.9 Å². The Bertz CT molecular complexity index is 396. The average Bonchev–Trinajstić information content (AvgIpc) is 2.30. The molecule has 0 radical (unpaired) electrons. The molecule has 0 aliphatic carbocycles. The highest BCUT2D eigenvalue weighted by atomic mass is 35.5. The van der Waals surface area contributed by atoms with Crippen LogP contribution < -0.4 is 0 Å².